The number of hydrogen-bond donors (Lipinski definition) is 1. The lowest BCUT2D eigenvalue weighted by atomic mass is 10.1. The van der Waals surface area contributed by atoms with Gasteiger partial charge in [-0.3, -0.25) is 0 Å². The first kappa shape index (κ1) is 13.6. The second-order valence-electron chi connectivity index (χ2n) is 4.40. The quantitative estimate of drug-likeness (QED) is 0.857. The highest BCUT2D eigenvalue weighted by Gasteiger charge is 2.08. The Morgan fingerprint density at radius 1 is 1.00 bits per heavy atom. The predicted molar refractivity (Wildman–Crippen MR) is 86.3 cm³/mol. The first-order valence-corrected chi connectivity index (χ1v) is 6.85. The van der Waals surface area contributed by atoms with Crippen LogP contribution in [0.25, 0.3) is 11.1 Å². The molecule has 3 heteroatoms. The van der Waals surface area contributed by atoms with Crippen LogP contribution in [0.15, 0.2) is 54.6 Å². The minimum absolute atomic E-state index is 0.425. The van der Waals surface area contributed by atoms with Gasteiger partial charge in [0.15, 0.2) is 5.11 Å². The molecule has 0 saturated heterocycles. The Labute approximate surface area is 119 Å². The maximum absolute atomic E-state index is 5.76. The van der Waals surface area contributed by atoms with Crippen molar-refractivity contribution >= 4 is 23.0 Å². The van der Waals surface area contributed by atoms with Crippen molar-refractivity contribution in [2.75, 3.05) is 11.4 Å². The van der Waals surface area contributed by atoms with E-state index in [0.29, 0.717) is 5.11 Å². The van der Waals surface area contributed by atoms with Gasteiger partial charge in [0.1, 0.15) is 0 Å². The van der Waals surface area contributed by atoms with Crippen molar-refractivity contribution in [2.24, 2.45) is 5.73 Å². The van der Waals surface area contributed by atoms with Gasteiger partial charge in [0, 0.05) is 12.2 Å². The fourth-order valence-electron chi connectivity index (χ4n) is 2.05. The summed E-state index contributed by atoms with van der Waals surface area (Å²) in [5.41, 5.74) is 9.22. The van der Waals surface area contributed by atoms with E-state index >= 15 is 0 Å². The maximum Gasteiger partial charge on any atom is 0.170 e. The number of anilines is 1. The van der Waals surface area contributed by atoms with E-state index in [-0.39, 0.29) is 0 Å². The van der Waals surface area contributed by atoms with Crippen LogP contribution >= 0.6 is 12.2 Å². The highest BCUT2D eigenvalue weighted by Crippen LogP contribution is 2.23. The van der Waals surface area contributed by atoms with Crippen LogP contribution in [-0.4, -0.2) is 11.7 Å². The summed E-state index contributed by atoms with van der Waals surface area (Å²) < 4.78 is 0. The fraction of sp³-hybridized carbons (Fsp3) is 0.188. The van der Waals surface area contributed by atoms with Crippen molar-refractivity contribution < 1.29 is 0 Å². The number of benzene rings is 2. The summed E-state index contributed by atoms with van der Waals surface area (Å²) in [5.74, 6) is 0. The summed E-state index contributed by atoms with van der Waals surface area (Å²) in [6, 6.07) is 18.7. The molecule has 0 amide bonds. The average Bonchev–Trinajstić information content (AvgIpc) is 2.46. The van der Waals surface area contributed by atoms with E-state index in [4.69, 9.17) is 18.0 Å². The standard InChI is InChI=1S/C16H18N2S/c1-2-12-18(16(17)19)15-10-8-14(9-11-15)13-6-4-3-5-7-13/h3-11H,2,12H2,1H3,(H2,17,19). The number of hydrogen-bond acceptors (Lipinski definition) is 1. The van der Waals surface area contributed by atoms with Crippen molar-refractivity contribution in [3.8, 4) is 11.1 Å². The molecule has 19 heavy (non-hydrogen) atoms. The lowest BCUT2D eigenvalue weighted by Gasteiger charge is -2.22. The van der Waals surface area contributed by atoms with E-state index in [1.54, 1.807) is 0 Å². The van der Waals surface area contributed by atoms with E-state index in [2.05, 4.69) is 43.3 Å². The third-order valence-corrected chi connectivity index (χ3v) is 3.22. The van der Waals surface area contributed by atoms with Crippen LogP contribution in [0.2, 0.25) is 0 Å². The lowest BCUT2D eigenvalue weighted by molar-refractivity contribution is 0.905. The maximum atomic E-state index is 5.76. The normalized spacial score (nSPS) is 10.2. The first-order chi connectivity index (χ1) is 9.22. The molecule has 98 valence electrons. The smallest absolute Gasteiger partial charge is 0.170 e. The van der Waals surface area contributed by atoms with Crippen LogP contribution in [0.1, 0.15) is 13.3 Å². The molecule has 0 atom stereocenters. The molecule has 2 rings (SSSR count). The summed E-state index contributed by atoms with van der Waals surface area (Å²) in [6.45, 7) is 2.96. The molecule has 0 saturated carbocycles. The van der Waals surface area contributed by atoms with Crippen LogP contribution in [-0.2, 0) is 0 Å². The predicted octanol–water partition coefficient (Wildman–Crippen LogP) is 3.81. The Morgan fingerprint density at radius 3 is 2.11 bits per heavy atom. The van der Waals surface area contributed by atoms with E-state index in [9.17, 15) is 0 Å². The Hall–Kier alpha value is -1.87. The second kappa shape index (κ2) is 6.34. The summed E-state index contributed by atoms with van der Waals surface area (Å²) in [6.07, 6.45) is 1.01. The third-order valence-electron chi connectivity index (χ3n) is 3.00. The van der Waals surface area contributed by atoms with Crippen molar-refractivity contribution in [3.63, 3.8) is 0 Å². The number of nitrogens with zero attached hydrogens (tertiary/aromatic N) is 1. The van der Waals surface area contributed by atoms with Gasteiger partial charge in [-0.05, 0) is 41.9 Å². The van der Waals surface area contributed by atoms with Gasteiger partial charge >= 0.3 is 0 Å². The van der Waals surface area contributed by atoms with Crippen molar-refractivity contribution in [3.05, 3.63) is 54.6 Å². The molecule has 0 heterocycles. The zero-order valence-corrected chi connectivity index (χ0v) is 11.9. The summed E-state index contributed by atoms with van der Waals surface area (Å²) in [7, 11) is 0. The van der Waals surface area contributed by atoms with E-state index in [1.165, 1.54) is 11.1 Å². The van der Waals surface area contributed by atoms with Gasteiger partial charge in [0.05, 0.1) is 0 Å². The molecule has 0 aliphatic rings. The molecule has 2 nitrogen and oxygen atoms in total. The summed E-state index contributed by atoms with van der Waals surface area (Å²) >= 11 is 5.09. The molecular weight excluding hydrogens is 252 g/mol. The van der Waals surface area contributed by atoms with Gasteiger partial charge in [-0.1, -0.05) is 49.4 Å². The van der Waals surface area contributed by atoms with Crippen LogP contribution in [0.5, 0.6) is 0 Å². The van der Waals surface area contributed by atoms with Crippen molar-refractivity contribution in [1.82, 2.24) is 0 Å². The Morgan fingerprint density at radius 2 is 1.58 bits per heavy atom. The molecule has 2 aromatic carbocycles. The van der Waals surface area contributed by atoms with Crippen LogP contribution in [0, 0.1) is 0 Å². The Balaban J connectivity index is 2.25. The number of thiocarbonyl (C=S) groups is 1. The highest BCUT2D eigenvalue weighted by atomic mass is 32.1. The van der Waals surface area contributed by atoms with Gasteiger partial charge in [-0.25, -0.2) is 0 Å². The second-order valence-corrected chi connectivity index (χ2v) is 4.82. The van der Waals surface area contributed by atoms with E-state index < -0.39 is 0 Å². The monoisotopic (exact) mass is 270 g/mol. The SMILES string of the molecule is CCCN(C(N)=S)c1ccc(-c2ccccc2)cc1. The zero-order chi connectivity index (χ0) is 13.7. The molecule has 0 radical (unpaired) electrons. The Kier molecular flexibility index (Phi) is 4.53. The van der Waals surface area contributed by atoms with E-state index in [1.807, 2.05) is 23.1 Å². The van der Waals surface area contributed by atoms with Crippen molar-refractivity contribution in [1.29, 1.82) is 0 Å². The molecule has 0 spiro atoms. The van der Waals surface area contributed by atoms with E-state index in [0.717, 1.165) is 18.7 Å². The first-order valence-electron chi connectivity index (χ1n) is 6.45. The molecule has 2 N–H and O–H groups in total. The topological polar surface area (TPSA) is 29.3 Å². The zero-order valence-electron chi connectivity index (χ0n) is 11.0. The Bertz CT molecular complexity index is 534. The van der Waals surface area contributed by atoms with Crippen molar-refractivity contribution in [2.45, 2.75) is 13.3 Å². The van der Waals surface area contributed by atoms with Gasteiger partial charge in [0.2, 0.25) is 0 Å². The number of rotatable bonds is 4. The van der Waals surface area contributed by atoms with Gasteiger partial charge in [-0.2, -0.15) is 0 Å². The molecule has 0 bridgehead atoms. The third kappa shape index (κ3) is 3.32. The molecular formula is C16H18N2S. The molecule has 0 aliphatic heterocycles. The van der Waals surface area contributed by atoms with Gasteiger partial charge < -0.3 is 10.6 Å². The highest BCUT2D eigenvalue weighted by molar-refractivity contribution is 7.80. The minimum Gasteiger partial charge on any atom is -0.376 e. The molecule has 0 aromatic heterocycles. The fourth-order valence-corrected chi connectivity index (χ4v) is 2.25. The average molecular weight is 270 g/mol. The van der Waals surface area contributed by atoms with Crippen LogP contribution in [0.3, 0.4) is 0 Å². The molecule has 0 aliphatic carbocycles. The molecule has 2 aromatic rings. The molecule has 0 fully saturated rings. The largest absolute Gasteiger partial charge is 0.376 e. The van der Waals surface area contributed by atoms with Crippen LogP contribution < -0.4 is 10.6 Å². The van der Waals surface area contributed by atoms with Gasteiger partial charge in [-0.15, -0.1) is 0 Å². The summed E-state index contributed by atoms with van der Waals surface area (Å²) in [5, 5.41) is 0.425. The molecule has 0 unspecified atom stereocenters. The number of nitrogens with two attached hydrogens (primary N) is 1. The summed E-state index contributed by atoms with van der Waals surface area (Å²) in [4.78, 5) is 1.96. The van der Waals surface area contributed by atoms with Gasteiger partial charge in [0.25, 0.3) is 0 Å². The lowest BCUT2D eigenvalue weighted by Crippen LogP contribution is -2.35. The van der Waals surface area contributed by atoms with Crippen LogP contribution in [0.4, 0.5) is 5.69 Å². The minimum atomic E-state index is 0.425.